The Kier molecular flexibility index (Phi) is 2.79. The summed E-state index contributed by atoms with van der Waals surface area (Å²) in [4.78, 5) is 7.29. The third kappa shape index (κ3) is 1.84. The molecule has 0 amide bonds. The highest BCUT2D eigenvalue weighted by Gasteiger charge is 2.19. The summed E-state index contributed by atoms with van der Waals surface area (Å²) in [6.45, 7) is 2.34. The Bertz CT molecular complexity index is 657. The van der Waals surface area contributed by atoms with E-state index in [4.69, 9.17) is 10.7 Å². The van der Waals surface area contributed by atoms with Crippen LogP contribution in [0, 0.1) is 0 Å². The van der Waals surface area contributed by atoms with Crippen molar-refractivity contribution in [3.63, 3.8) is 0 Å². The van der Waals surface area contributed by atoms with Crippen LogP contribution in [0.2, 0.25) is 0 Å². The van der Waals surface area contributed by atoms with Crippen LogP contribution < -0.4 is 10.6 Å². The second-order valence-electron chi connectivity index (χ2n) is 6.05. The quantitative estimate of drug-likeness (QED) is 0.862. The Morgan fingerprint density at radius 1 is 1.00 bits per heavy atom. The minimum atomic E-state index is 0.973. The van der Waals surface area contributed by atoms with Gasteiger partial charge >= 0.3 is 0 Å². The molecule has 2 heterocycles. The van der Waals surface area contributed by atoms with E-state index in [0.717, 1.165) is 29.4 Å². The van der Waals surface area contributed by atoms with Crippen LogP contribution in [0.15, 0.2) is 18.2 Å². The van der Waals surface area contributed by atoms with E-state index in [1.165, 1.54) is 55.7 Å². The summed E-state index contributed by atoms with van der Waals surface area (Å²) in [5, 5.41) is 1.15. The lowest BCUT2D eigenvalue weighted by Gasteiger charge is -2.29. The molecule has 20 heavy (non-hydrogen) atoms. The number of hydrogen-bond donors (Lipinski definition) is 1. The number of rotatable bonds is 1. The Labute approximate surface area is 119 Å². The van der Waals surface area contributed by atoms with E-state index in [1.807, 2.05) is 0 Å². The molecule has 1 fully saturated rings. The summed E-state index contributed by atoms with van der Waals surface area (Å²) in [7, 11) is 0. The zero-order chi connectivity index (χ0) is 13.5. The van der Waals surface area contributed by atoms with E-state index in [0.29, 0.717) is 0 Å². The zero-order valence-corrected chi connectivity index (χ0v) is 11.9. The molecule has 104 valence electrons. The Balaban J connectivity index is 1.82. The number of fused-ring (bicyclic) bond motifs is 2. The lowest BCUT2D eigenvalue weighted by Crippen LogP contribution is -2.29. The number of benzene rings is 1. The normalized spacial score (nSPS) is 18.5. The molecule has 1 aliphatic carbocycles. The first kappa shape index (κ1) is 12.0. The predicted octanol–water partition coefficient (Wildman–Crippen LogP) is 3.30. The minimum Gasteiger partial charge on any atom is -0.398 e. The third-order valence-corrected chi connectivity index (χ3v) is 4.76. The monoisotopic (exact) mass is 267 g/mol. The van der Waals surface area contributed by atoms with E-state index in [9.17, 15) is 0 Å². The fourth-order valence-electron chi connectivity index (χ4n) is 3.64. The summed E-state index contributed by atoms with van der Waals surface area (Å²) >= 11 is 0. The van der Waals surface area contributed by atoms with E-state index in [2.05, 4.69) is 23.1 Å². The fourth-order valence-corrected chi connectivity index (χ4v) is 3.64. The molecular weight excluding hydrogens is 246 g/mol. The summed E-state index contributed by atoms with van der Waals surface area (Å²) in [6.07, 6.45) is 7.34. The van der Waals surface area contributed by atoms with Crippen molar-refractivity contribution in [3.8, 4) is 0 Å². The average molecular weight is 267 g/mol. The van der Waals surface area contributed by atoms with Gasteiger partial charge in [-0.15, -0.1) is 0 Å². The van der Waals surface area contributed by atoms with E-state index in [-0.39, 0.29) is 0 Å². The van der Waals surface area contributed by atoms with Crippen molar-refractivity contribution >= 4 is 22.3 Å². The van der Waals surface area contributed by atoms with Crippen LogP contribution in [-0.2, 0) is 12.8 Å². The lowest BCUT2D eigenvalue weighted by atomic mass is 10.1. The summed E-state index contributed by atoms with van der Waals surface area (Å²) < 4.78 is 0. The van der Waals surface area contributed by atoms with Crippen molar-refractivity contribution in [2.75, 3.05) is 23.7 Å². The SMILES string of the molecule is Nc1c2c(nc3ccc(N4CCCCC4)cc13)CCC2. The number of nitrogens with two attached hydrogens (primary N) is 1. The molecule has 0 radical (unpaired) electrons. The van der Waals surface area contributed by atoms with Crippen LogP contribution in [0.4, 0.5) is 11.4 Å². The Morgan fingerprint density at radius 2 is 1.85 bits per heavy atom. The first-order valence-electron chi connectivity index (χ1n) is 7.79. The van der Waals surface area contributed by atoms with Gasteiger partial charge in [0.1, 0.15) is 0 Å². The first-order chi connectivity index (χ1) is 9.83. The van der Waals surface area contributed by atoms with Crippen LogP contribution in [0.25, 0.3) is 10.9 Å². The van der Waals surface area contributed by atoms with Gasteiger partial charge in [0.2, 0.25) is 0 Å². The van der Waals surface area contributed by atoms with Crippen molar-refractivity contribution in [1.82, 2.24) is 4.98 Å². The standard InChI is InChI=1S/C17H21N3/c18-17-13-5-4-6-15(13)19-16-8-7-12(11-14(16)17)20-9-2-1-3-10-20/h7-8,11H,1-6,9-10H2,(H2,18,19). The average Bonchev–Trinajstić information content (AvgIpc) is 2.97. The van der Waals surface area contributed by atoms with Crippen LogP contribution in [0.1, 0.15) is 36.9 Å². The maximum atomic E-state index is 6.41. The highest BCUT2D eigenvalue weighted by Crippen LogP contribution is 2.34. The molecule has 0 saturated carbocycles. The van der Waals surface area contributed by atoms with Gasteiger partial charge in [0.25, 0.3) is 0 Å². The van der Waals surface area contributed by atoms with Crippen molar-refractivity contribution in [3.05, 3.63) is 29.5 Å². The second-order valence-corrected chi connectivity index (χ2v) is 6.05. The smallest absolute Gasteiger partial charge is 0.0727 e. The number of nitrogens with zero attached hydrogens (tertiary/aromatic N) is 2. The Morgan fingerprint density at radius 3 is 2.70 bits per heavy atom. The fraction of sp³-hybridized carbons (Fsp3) is 0.471. The maximum Gasteiger partial charge on any atom is 0.0727 e. The molecule has 1 aromatic carbocycles. The van der Waals surface area contributed by atoms with E-state index < -0.39 is 0 Å². The summed E-state index contributed by atoms with van der Waals surface area (Å²) in [5.74, 6) is 0. The number of anilines is 2. The molecule has 3 nitrogen and oxygen atoms in total. The van der Waals surface area contributed by atoms with E-state index >= 15 is 0 Å². The Hall–Kier alpha value is -1.77. The zero-order valence-electron chi connectivity index (χ0n) is 11.9. The van der Waals surface area contributed by atoms with Crippen molar-refractivity contribution < 1.29 is 0 Å². The number of nitrogen functional groups attached to an aromatic ring is 1. The molecule has 1 aromatic heterocycles. The summed E-state index contributed by atoms with van der Waals surface area (Å²) in [6, 6.07) is 6.61. The lowest BCUT2D eigenvalue weighted by molar-refractivity contribution is 0.578. The molecule has 0 bridgehead atoms. The number of pyridine rings is 1. The maximum absolute atomic E-state index is 6.41. The van der Waals surface area contributed by atoms with Crippen molar-refractivity contribution in [2.24, 2.45) is 0 Å². The van der Waals surface area contributed by atoms with Crippen LogP contribution >= 0.6 is 0 Å². The van der Waals surface area contributed by atoms with Crippen molar-refractivity contribution in [1.29, 1.82) is 0 Å². The van der Waals surface area contributed by atoms with Gasteiger partial charge in [0, 0.05) is 35.5 Å². The van der Waals surface area contributed by atoms with Gasteiger partial charge < -0.3 is 10.6 Å². The molecule has 0 unspecified atom stereocenters. The van der Waals surface area contributed by atoms with Crippen LogP contribution in [-0.4, -0.2) is 18.1 Å². The number of hydrogen-bond acceptors (Lipinski definition) is 3. The second kappa shape index (κ2) is 4.65. The number of aryl methyl sites for hydroxylation is 1. The van der Waals surface area contributed by atoms with Gasteiger partial charge in [-0.3, -0.25) is 4.98 Å². The molecule has 1 saturated heterocycles. The van der Waals surface area contributed by atoms with Gasteiger partial charge in [-0.05, 0) is 62.3 Å². The van der Waals surface area contributed by atoms with Crippen LogP contribution in [0.5, 0.6) is 0 Å². The van der Waals surface area contributed by atoms with Gasteiger partial charge in [0.15, 0.2) is 0 Å². The van der Waals surface area contributed by atoms with Gasteiger partial charge in [0.05, 0.1) is 5.52 Å². The molecule has 3 heteroatoms. The predicted molar refractivity (Wildman–Crippen MR) is 84.2 cm³/mol. The molecule has 0 atom stereocenters. The topological polar surface area (TPSA) is 42.1 Å². The van der Waals surface area contributed by atoms with Gasteiger partial charge in [-0.2, -0.15) is 0 Å². The molecule has 2 aliphatic rings. The largest absolute Gasteiger partial charge is 0.398 e. The van der Waals surface area contributed by atoms with Crippen LogP contribution in [0.3, 0.4) is 0 Å². The molecule has 1 aliphatic heterocycles. The van der Waals surface area contributed by atoms with Gasteiger partial charge in [-0.25, -0.2) is 0 Å². The first-order valence-corrected chi connectivity index (χ1v) is 7.79. The minimum absolute atomic E-state index is 0.973. The molecule has 2 aromatic rings. The van der Waals surface area contributed by atoms with E-state index in [1.54, 1.807) is 0 Å². The highest BCUT2D eigenvalue weighted by molar-refractivity contribution is 5.94. The van der Waals surface area contributed by atoms with Crippen molar-refractivity contribution in [2.45, 2.75) is 38.5 Å². The molecule has 4 rings (SSSR count). The van der Waals surface area contributed by atoms with Gasteiger partial charge in [-0.1, -0.05) is 0 Å². The summed E-state index contributed by atoms with van der Waals surface area (Å²) in [5.41, 5.74) is 12.3. The number of aromatic nitrogens is 1. The molecular formula is C17H21N3. The highest BCUT2D eigenvalue weighted by atomic mass is 15.1. The molecule has 0 spiro atoms. The number of piperidine rings is 1. The molecule has 2 N–H and O–H groups in total. The third-order valence-electron chi connectivity index (χ3n) is 4.76.